The van der Waals surface area contributed by atoms with E-state index in [0.717, 1.165) is 30.0 Å². The van der Waals surface area contributed by atoms with Crippen LogP contribution in [0.25, 0.3) is 11.0 Å². The fourth-order valence-corrected chi connectivity index (χ4v) is 4.43. The van der Waals surface area contributed by atoms with Crippen LogP contribution < -0.4 is 0 Å². The molecule has 3 heterocycles. The molecule has 2 bridgehead atoms. The van der Waals surface area contributed by atoms with E-state index in [4.69, 9.17) is 4.98 Å². The molecule has 1 saturated heterocycles. The summed E-state index contributed by atoms with van der Waals surface area (Å²) in [5.41, 5.74) is 2.90. The van der Waals surface area contributed by atoms with Gasteiger partial charge in [-0.2, -0.15) is 0 Å². The maximum Gasteiger partial charge on any atom is 0.150 e. The number of hydrogen-bond donors (Lipinski definition) is 0. The van der Waals surface area contributed by atoms with Gasteiger partial charge in [0.2, 0.25) is 0 Å². The lowest BCUT2D eigenvalue weighted by molar-refractivity contribution is 0.108. The topological polar surface area (TPSA) is 38.1 Å². The van der Waals surface area contributed by atoms with Crippen molar-refractivity contribution >= 4 is 17.3 Å². The maximum atomic E-state index is 10.9. The molecule has 1 aromatic heterocycles. The lowest BCUT2D eigenvalue weighted by atomic mass is 9.91. The van der Waals surface area contributed by atoms with Crippen molar-refractivity contribution in [2.24, 2.45) is 0 Å². The molecule has 0 spiro atoms. The minimum absolute atomic E-state index is 0.580. The van der Waals surface area contributed by atoms with Crippen molar-refractivity contribution in [1.82, 2.24) is 14.5 Å². The van der Waals surface area contributed by atoms with Crippen molar-refractivity contribution < 1.29 is 4.79 Å². The first-order valence-corrected chi connectivity index (χ1v) is 8.04. The lowest BCUT2D eigenvalue weighted by Gasteiger charge is -2.38. The average molecular weight is 281 g/mol. The molecule has 2 atom stereocenters. The van der Waals surface area contributed by atoms with Crippen LogP contribution in [0.1, 0.15) is 47.8 Å². The van der Waals surface area contributed by atoms with Gasteiger partial charge in [0.25, 0.3) is 0 Å². The third-order valence-electron chi connectivity index (χ3n) is 5.70. The maximum absolute atomic E-state index is 10.9. The molecule has 5 rings (SSSR count). The number of fused-ring (bicyclic) bond motifs is 6. The van der Waals surface area contributed by atoms with Gasteiger partial charge in [0.05, 0.1) is 11.0 Å². The Labute approximate surface area is 123 Å². The van der Waals surface area contributed by atoms with E-state index >= 15 is 0 Å². The van der Waals surface area contributed by atoms with Crippen LogP contribution in [-0.4, -0.2) is 39.4 Å². The highest BCUT2D eigenvalue weighted by Gasteiger charge is 2.44. The summed E-state index contributed by atoms with van der Waals surface area (Å²) in [6.45, 7) is 2.25. The summed E-state index contributed by atoms with van der Waals surface area (Å²) in [7, 11) is 0. The smallest absolute Gasteiger partial charge is 0.150 e. The van der Waals surface area contributed by atoms with Crippen molar-refractivity contribution in [2.45, 2.75) is 50.2 Å². The Hall–Kier alpha value is -1.68. The molecule has 2 aromatic rings. The number of rotatable bonds is 2. The van der Waals surface area contributed by atoms with Crippen molar-refractivity contribution in [3.8, 4) is 0 Å². The summed E-state index contributed by atoms with van der Waals surface area (Å²) in [5.74, 6) is 1.82. The van der Waals surface area contributed by atoms with Gasteiger partial charge in [0.1, 0.15) is 12.1 Å². The van der Waals surface area contributed by atoms with Crippen molar-refractivity contribution in [3.05, 3.63) is 29.6 Å². The average Bonchev–Trinajstić information content (AvgIpc) is 2.98. The monoisotopic (exact) mass is 281 g/mol. The number of aldehydes is 1. The van der Waals surface area contributed by atoms with Crippen LogP contribution >= 0.6 is 0 Å². The lowest BCUT2D eigenvalue weighted by Crippen LogP contribution is -2.44. The molecule has 1 aliphatic carbocycles. The highest BCUT2D eigenvalue weighted by Crippen LogP contribution is 2.42. The Kier molecular flexibility index (Phi) is 2.37. The number of carbonyl (C=O) groups is 1. The first-order valence-electron chi connectivity index (χ1n) is 8.04. The minimum atomic E-state index is 0.580. The number of nitrogens with zero attached hydrogens (tertiary/aromatic N) is 3. The molecular weight excluding hydrogens is 262 g/mol. The number of carbonyl (C=O) groups excluding carboxylic acids is 1. The molecule has 1 aromatic carbocycles. The predicted molar refractivity (Wildman–Crippen MR) is 80.6 cm³/mol. The molecular formula is C17H19N3O. The fraction of sp³-hybridized carbons (Fsp3) is 0.529. The predicted octanol–water partition coefficient (Wildman–Crippen LogP) is 2.57. The van der Waals surface area contributed by atoms with Gasteiger partial charge in [-0.3, -0.25) is 9.69 Å². The molecule has 108 valence electrons. The van der Waals surface area contributed by atoms with E-state index < -0.39 is 0 Å². The van der Waals surface area contributed by atoms with E-state index in [1.165, 1.54) is 43.6 Å². The van der Waals surface area contributed by atoms with E-state index in [1.54, 1.807) is 0 Å². The zero-order chi connectivity index (χ0) is 14.0. The first-order chi connectivity index (χ1) is 10.3. The van der Waals surface area contributed by atoms with E-state index in [2.05, 4.69) is 15.5 Å². The third-order valence-corrected chi connectivity index (χ3v) is 5.70. The Morgan fingerprint density at radius 1 is 1.19 bits per heavy atom. The van der Waals surface area contributed by atoms with E-state index in [0.29, 0.717) is 12.0 Å². The second-order valence-corrected chi connectivity index (χ2v) is 6.81. The quantitative estimate of drug-likeness (QED) is 0.794. The summed E-state index contributed by atoms with van der Waals surface area (Å²) in [4.78, 5) is 18.5. The van der Waals surface area contributed by atoms with Crippen LogP contribution in [0.5, 0.6) is 0 Å². The molecule has 2 fully saturated rings. The Balaban J connectivity index is 1.57. The normalized spacial score (nSPS) is 28.6. The van der Waals surface area contributed by atoms with Gasteiger partial charge in [-0.1, -0.05) is 6.42 Å². The number of likely N-dealkylation sites (tertiary alicyclic amines) is 1. The van der Waals surface area contributed by atoms with Gasteiger partial charge < -0.3 is 4.57 Å². The standard InChI is InChI=1S/C17H19N3O/c21-10-11-4-5-16-15(6-11)18-17-12-7-14(9-20(16)17)19(8-12)13-2-1-3-13/h4-6,10,12-14H,1-3,7-9H2. The molecule has 0 amide bonds. The molecule has 2 unspecified atom stereocenters. The molecule has 0 radical (unpaired) electrons. The molecule has 21 heavy (non-hydrogen) atoms. The van der Waals surface area contributed by atoms with E-state index in [1.807, 2.05) is 12.1 Å². The number of imidazole rings is 1. The molecule has 4 heteroatoms. The zero-order valence-corrected chi connectivity index (χ0v) is 12.0. The van der Waals surface area contributed by atoms with Crippen LogP contribution in [0.15, 0.2) is 18.2 Å². The fourth-order valence-electron chi connectivity index (χ4n) is 4.43. The summed E-state index contributed by atoms with van der Waals surface area (Å²) < 4.78 is 2.40. The van der Waals surface area contributed by atoms with Crippen LogP contribution in [0.3, 0.4) is 0 Å². The molecule has 3 aliphatic rings. The van der Waals surface area contributed by atoms with Crippen molar-refractivity contribution in [1.29, 1.82) is 0 Å². The van der Waals surface area contributed by atoms with E-state index in [-0.39, 0.29) is 0 Å². The van der Waals surface area contributed by atoms with Gasteiger partial charge in [0, 0.05) is 36.7 Å². The van der Waals surface area contributed by atoms with Crippen LogP contribution in [-0.2, 0) is 6.54 Å². The molecule has 1 saturated carbocycles. The van der Waals surface area contributed by atoms with Crippen LogP contribution in [0.4, 0.5) is 0 Å². The summed E-state index contributed by atoms with van der Waals surface area (Å²) in [6.07, 6.45) is 6.34. The molecule has 2 aliphatic heterocycles. The van der Waals surface area contributed by atoms with E-state index in [9.17, 15) is 4.79 Å². The second-order valence-electron chi connectivity index (χ2n) is 6.81. The van der Waals surface area contributed by atoms with Gasteiger partial charge in [-0.05, 0) is 37.5 Å². The largest absolute Gasteiger partial charge is 0.326 e. The van der Waals surface area contributed by atoms with Gasteiger partial charge in [0.15, 0.2) is 0 Å². The second kappa shape index (κ2) is 4.17. The Morgan fingerprint density at radius 3 is 2.86 bits per heavy atom. The molecule has 4 nitrogen and oxygen atoms in total. The Morgan fingerprint density at radius 2 is 2.10 bits per heavy atom. The van der Waals surface area contributed by atoms with Gasteiger partial charge in [-0.15, -0.1) is 0 Å². The summed E-state index contributed by atoms with van der Waals surface area (Å²) in [5, 5.41) is 0. The first kappa shape index (κ1) is 11.9. The van der Waals surface area contributed by atoms with Gasteiger partial charge in [-0.25, -0.2) is 4.98 Å². The van der Waals surface area contributed by atoms with Gasteiger partial charge >= 0.3 is 0 Å². The molecule has 0 N–H and O–H groups in total. The van der Waals surface area contributed by atoms with Crippen LogP contribution in [0.2, 0.25) is 0 Å². The zero-order valence-electron chi connectivity index (χ0n) is 12.0. The summed E-state index contributed by atoms with van der Waals surface area (Å²) in [6, 6.07) is 7.41. The minimum Gasteiger partial charge on any atom is -0.326 e. The third kappa shape index (κ3) is 1.59. The summed E-state index contributed by atoms with van der Waals surface area (Å²) >= 11 is 0. The Bertz CT molecular complexity index is 731. The van der Waals surface area contributed by atoms with Crippen molar-refractivity contribution in [3.63, 3.8) is 0 Å². The van der Waals surface area contributed by atoms with Crippen molar-refractivity contribution in [2.75, 3.05) is 6.54 Å². The highest BCUT2D eigenvalue weighted by atomic mass is 16.1. The number of hydrogen-bond acceptors (Lipinski definition) is 3. The number of aromatic nitrogens is 2. The SMILES string of the molecule is O=Cc1ccc2c(c1)nc1n2CC2CC1CN2C1CCC1. The van der Waals surface area contributed by atoms with Crippen LogP contribution in [0, 0.1) is 0 Å². The highest BCUT2D eigenvalue weighted by molar-refractivity contribution is 5.85. The number of benzene rings is 1.